The molecule has 2 rings (SSSR count). The zero-order valence-electron chi connectivity index (χ0n) is 15.0. The highest BCUT2D eigenvalue weighted by molar-refractivity contribution is 6.39. The number of hydrogen-bond donors (Lipinski definition) is 2. The Morgan fingerprint density at radius 3 is 2.62 bits per heavy atom. The highest BCUT2D eigenvalue weighted by Crippen LogP contribution is 2.26. The first-order valence-electron chi connectivity index (χ1n) is 8.30. The highest BCUT2D eigenvalue weighted by atomic mass is 16.5. The molecule has 0 aliphatic carbocycles. The molecule has 0 heterocycles. The fourth-order valence-corrected chi connectivity index (χ4v) is 2.50. The van der Waals surface area contributed by atoms with Gasteiger partial charge >= 0.3 is 11.8 Å². The Morgan fingerprint density at radius 2 is 1.92 bits per heavy atom. The third kappa shape index (κ3) is 4.61. The number of ether oxygens (including phenoxy) is 1. The molecule has 0 saturated carbocycles. The summed E-state index contributed by atoms with van der Waals surface area (Å²) in [7, 11) is 0. The smallest absolute Gasteiger partial charge is 0.313 e. The lowest BCUT2D eigenvalue weighted by molar-refractivity contribution is -0.136. The van der Waals surface area contributed by atoms with E-state index < -0.39 is 17.9 Å². The largest absolute Gasteiger partial charge is 0.494 e. The topological polar surface area (TPSA) is 91.2 Å². The first kappa shape index (κ1) is 19.0. The molecule has 2 aromatic carbocycles. The quantitative estimate of drug-likeness (QED) is 0.810. The highest BCUT2D eigenvalue weighted by Gasteiger charge is 2.20. The standard InChI is InChI=1S/C20H21N3O3/c1-4-26-18-10-9-13(2)11-16(18)14(3)22-19(24)20(25)23-17-8-6-5-7-15(17)12-21/h5-11,14H,4H2,1-3H3,(H,22,24)(H,23,25). The maximum absolute atomic E-state index is 12.2. The molecule has 26 heavy (non-hydrogen) atoms. The van der Waals surface area contributed by atoms with Crippen molar-refractivity contribution in [1.29, 1.82) is 5.26 Å². The Bertz CT molecular complexity index is 856. The molecule has 1 atom stereocenters. The van der Waals surface area contributed by atoms with E-state index in [1.165, 1.54) is 0 Å². The molecule has 0 aliphatic heterocycles. The molecule has 6 nitrogen and oxygen atoms in total. The van der Waals surface area contributed by atoms with Crippen molar-refractivity contribution >= 4 is 17.5 Å². The minimum Gasteiger partial charge on any atom is -0.494 e. The van der Waals surface area contributed by atoms with Crippen LogP contribution in [0.1, 0.15) is 36.6 Å². The Hall–Kier alpha value is -3.33. The predicted molar refractivity (Wildman–Crippen MR) is 98.7 cm³/mol. The van der Waals surface area contributed by atoms with E-state index in [9.17, 15) is 9.59 Å². The number of nitriles is 1. The number of carbonyl (C=O) groups is 2. The molecule has 0 bridgehead atoms. The van der Waals surface area contributed by atoms with Crippen molar-refractivity contribution in [2.24, 2.45) is 0 Å². The third-order valence-corrected chi connectivity index (χ3v) is 3.78. The van der Waals surface area contributed by atoms with E-state index in [0.717, 1.165) is 11.1 Å². The van der Waals surface area contributed by atoms with Gasteiger partial charge in [-0.05, 0) is 39.0 Å². The van der Waals surface area contributed by atoms with Crippen molar-refractivity contribution < 1.29 is 14.3 Å². The first-order chi connectivity index (χ1) is 12.5. The van der Waals surface area contributed by atoms with Crippen molar-refractivity contribution in [3.8, 4) is 11.8 Å². The van der Waals surface area contributed by atoms with Gasteiger partial charge < -0.3 is 15.4 Å². The SMILES string of the molecule is CCOc1ccc(C)cc1C(C)NC(=O)C(=O)Nc1ccccc1C#N. The molecule has 0 spiro atoms. The van der Waals surface area contributed by atoms with Gasteiger partial charge in [-0.3, -0.25) is 9.59 Å². The van der Waals surface area contributed by atoms with E-state index in [2.05, 4.69) is 10.6 Å². The van der Waals surface area contributed by atoms with Crippen LogP contribution in [0.15, 0.2) is 42.5 Å². The third-order valence-electron chi connectivity index (χ3n) is 3.78. The van der Waals surface area contributed by atoms with Crippen LogP contribution in [0, 0.1) is 18.3 Å². The number of carbonyl (C=O) groups excluding carboxylic acids is 2. The van der Waals surface area contributed by atoms with Crippen molar-refractivity contribution in [1.82, 2.24) is 5.32 Å². The fourth-order valence-electron chi connectivity index (χ4n) is 2.50. The van der Waals surface area contributed by atoms with Crippen LogP contribution in [0.5, 0.6) is 5.75 Å². The molecule has 0 radical (unpaired) electrons. The van der Waals surface area contributed by atoms with Gasteiger partial charge in [0.15, 0.2) is 0 Å². The summed E-state index contributed by atoms with van der Waals surface area (Å²) in [5.41, 5.74) is 2.41. The summed E-state index contributed by atoms with van der Waals surface area (Å²) in [4.78, 5) is 24.4. The van der Waals surface area contributed by atoms with Crippen LogP contribution in [0.2, 0.25) is 0 Å². The van der Waals surface area contributed by atoms with Gasteiger partial charge in [-0.2, -0.15) is 5.26 Å². The summed E-state index contributed by atoms with van der Waals surface area (Å²) in [6.45, 7) is 6.11. The zero-order valence-corrected chi connectivity index (χ0v) is 15.0. The lowest BCUT2D eigenvalue weighted by Gasteiger charge is -2.18. The van der Waals surface area contributed by atoms with Crippen LogP contribution >= 0.6 is 0 Å². The van der Waals surface area contributed by atoms with E-state index in [-0.39, 0.29) is 0 Å². The van der Waals surface area contributed by atoms with Gasteiger partial charge in [-0.1, -0.05) is 29.8 Å². The van der Waals surface area contributed by atoms with Gasteiger partial charge in [0.1, 0.15) is 11.8 Å². The van der Waals surface area contributed by atoms with E-state index in [1.807, 2.05) is 38.1 Å². The van der Waals surface area contributed by atoms with Crippen LogP contribution in [-0.2, 0) is 9.59 Å². The van der Waals surface area contributed by atoms with Crippen LogP contribution < -0.4 is 15.4 Å². The number of rotatable bonds is 5. The molecular formula is C20H21N3O3. The number of para-hydroxylation sites is 1. The average Bonchev–Trinajstić information content (AvgIpc) is 2.63. The summed E-state index contributed by atoms with van der Waals surface area (Å²) in [5, 5.41) is 14.2. The fraction of sp³-hybridized carbons (Fsp3) is 0.250. The molecule has 134 valence electrons. The number of nitrogens with zero attached hydrogens (tertiary/aromatic N) is 1. The van der Waals surface area contributed by atoms with Crippen molar-refractivity contribution in [3.63, 3.8) is 0 Å². The van der Waals surface area contributed by atoms with Crippen molar-refractivity contribution in [3.05, 3.63) is 59.2 Å². The Labute approximate surface area is 152 Å². The molecule has 0 aromatic heterocycles. The molecule has 2 N–H and O–H groups in total. The minimum absolute atomic E-state index is 0.291. The average molecular weight is 351 g/mol. The normalized spacial score (nSPS) is 11.2. The van der Waals surface area contributed by atoms with Crippen LogP contribution in [0.25, 0.3) is 0 Å². The maximum Gasteiger partial charge on any atom is 0.313 e. The van der Waals surface area contributed by atoms with E-state index in [0.29, 0.717) is 23.6 Å². The first-order valence-corrected chi connectivity index (χ1v) is 8.30. The van der Waals surface area contributed by atoms with Gasteiger partial charge in [-0.15, -0.1) is 0 Å². The summed E-state index contributed by atoms with van der Waals surface area (Å²) >= 11 is 0. The van der Waals surface area contributed by atoms with Gasteiger partial charge in [0, 0.05) is 5.56 Å². The number of anilines is 1. The number of benzene rings is 2. The van der Waals surface area contributed by atoms with Gasteiger partial charge in [0.05, 0.1) is 23.9 Å². The van der Waals surface area contributed by atoms with E-state index in [1.54, 1.807) is 31.2 Å². The molecule has 6 heteroatoms. The zero-order chi connectivity index (χ0) is 19.1. The lowest BCUT2D eigenvalue weighted by Crippen LogP contribution is -2.37. The molecule has 2 aromatic rings. The second kappa shape index (κ2) is 8.67. The van der Waals surface area contributed by atoms with E-state index in [4.69, 9.17) is 10.00 Å². The minimum atomic E-state index is -0.829. The number of nitrogens with one attached hydrogen (secondary N) is 2. The second-order valence-electron chi connectivity index (χ2n) is 5.78. The number of amides is 2. The van der Waals surface area contributed by atoms with Gasteiger partial charge in [0.25, 0.3) is 0 Å². The molecule has 0 fully saturated rings. The monoisotopic (exact) mass is 351 g/mol. The molecule has 0 aliphatic rings. The van der Waals surface area contributed by atoms with E-state index >= 15 is 0 Å². The summed E-state index contributed by atoms with van der Waals surface area (Å²) < 4.78 is 5.59. The van der Waals surface area contributed by atoms with Crippen LogP contribution in [0.4, 0.5) is 5.69 Å². The molecule has 0 saturated heterocycles. The number of hydrogen-bond acceptors (Lipinski definition) is 4. The van der Waals surface area contributed by atoms with Crippen LogP contribution in [0.3, 0.4) is 0 Å². The Balaban J connectivity index is 2.10. The van der Waals surface area contributed by atoms with Gasteiger partial charge in [-0.25, -0.2) is 0 Å². The van der Waals surface area contributed by atoms with Crippen LogP contribution in [-0.4, -0.2) is 18.4 Å². The summed E-state index contributed by atoms with van der Waals surface area (Å²) in [6.07, 6.45) is 0. The lowest BCUT2D eigenvalue weighted by atomic mass is 10.0. The predicted octanol–water partition coefficient (Wildman–Crippen LogP) is 3.08. The van der Waals surface area contributed by atoms with Crippen molar-refractivity contribution in [2.45, 2.75) is 26.8 Å². The Kier molecular flexibility index (Phi) is 6.34. The molecule has 2 amide bonds. The summed E-state index contributed by atoms with van der Waals surface area (Å²) in [5.74, 6) is -0.944. The molecule has 1 unspecified atom stereocenters. The second-order valence-corrected chi connectivity index (χ2v) is 5.78. The molecular weight excluding hydrogens is 330 g/mol. The summed E-state index contributed by atoms with van der Waals surface area (Å²) in [6, 6.07) is 13.7. The Morgan fingerprint density at radius 1 is 1.19 bits per heavy atom. The number of aryl methyl sites for hydroxylation is 1. The van der Waals surface area contributed by atoms with Gasteiger partial charge in [0.2, 0.25) is 0 Å². The maximum atomic E-state index is 12.2. The van der Waals surface area contributed by atoms with Crippen molar-refractivity contribution in [2.75, 3.05) is 11.9 Å².